The lowest BCUT2D eigenvalue weighted by atomic mass is 9.94. The molecule has 1 N–H and O–H groups in total. The van der Waals surface area contributed by atoms with Crippen LogP contribution in [0.4, 0.5) is 0 Å². The Bertz CT molecular complexity index is 401. The van der Waals surface area contributed by atoms with Crippen molar-refractivity contribution in [3.63, 3.8) is 0 Å². The van der Waals surface area contributed by atoms with E-state index in [1.54, 1.807) is 12.1 Å². The van der Waals surface area contributed by atoms with Crippen molar-refractivity contribution < 1.29 is 14.6 Å². The van der Waals surface area contributed by atoms with E-state index in [2.05, 4.69) is 0 Å². The van der Waals surface area contributed by atoms with E-state index in [1.807, 2.05) is 13.8 Å². The van der Waals surface area contributed by atoms with Crippen molar-refractivity contribution in [1.29, 1.82) is 0 Å². The second-order valence-electron chi connectivity index (χ2n) is 3.64. The molecule has 4 heteroatoms. The van der Waals surface area contributed by atoms with Gasteiger partial charge < -0.3 is 9.84 Å². The van der Waals surface area contributed by atoms with Gasteiger partial charge in [0.1, 0.15) is 5.75 Å². The molecule has 1 aromatic rings. The van der Waals surface area contributed by atoms with Crippen LogP contribution >= 0.6 is 11.6 Å². The van der Waals surface area contributed by atoms with E-state index >= 15 is 0 Å². The number of benzene rings is 1. The van der Waals surface area contributed by atoms with Gasteiger partial charge in [0, 0.05) is 10.6 Å². The van der Waals surface area contributed by atoms with E-state index in [1.165, 1.54) is 7.11 Å². The second-order valence-corrected chi connectivity index (χ2v) is 4.08. The molecule has 0 bridgehead atoms. The number of hydrogen-bond acceptors (Lipinski definition) is 2. The molecule has 1 aromatic carbocycles. The van der Waals surface area contributed by atoms with Gasteiger partial charge in [-0.3, -0.25) is 4.79 Å². The van der Waals surface area contributed by atoms with Gasteiger partial charge in [-0.1, -0.05) is 18.5 Å². The first-order chi connectivity index (χ1) is 7.51. The summed E-state index contributed by atoms with van der Waals surface area (Å²) in [5.74, 6) is -0.825. The van der Waals surface area contributed by atoms with E-state index in [4.69, 9.17) is 21.4 Å². The number of carbonyl (C=O) groups is 1. The maximum absolute atomic E-state index is 11.1. The van der Waals surface area contributed by atoms with Crippen LogP contribution in [0.2, 0.25) is 5.02 Å². The summed E-state index contributed by atoms with van der Waals surface area (Å²) in [5, 5.41) is 9.66. The minimum atomic E-state index is -0.859. The van der Waals surface area contributed by atoms with Gasteiger partial charge in [-0.25, -0.2) is 0 Å². The summed E-state index contributed by atoms with van der Waals surface area (Å²) in [6.45, 7) is 3.68. The summed E-state index contributed by atoms with van der Waals surface area (Å²) >= 11 is 5.94. The monoisotopic (exact) mass is 242 g/mol. The van der Waals surface area contributed by atoms with E-state index in [0.717, 1.165) is 5.56 Å². The van der Waals surface area contributed by atoms with Crippen LogP contribution in [0.1, 0.15) is 30.4 Å². The van der Waals surface area contributed by atoms with Crippen LogP contribution in [-0.4, -0.2) is 18.2 Å². The van der Waals surface area contributed by atoms with Crippen LogP contribution in [0.5, 0.6) is 5.75 Å². The summed E-state index contributed by atoms with van der Waals surface area (Å²) in [5.41, 5.74) is 1.49. The zero-order valence-electron chi connectivity index (χ0n) is 9.58. The number of carboxylic acid groups (broad SMARTS) is 1. The number of aryl methyl sites for hydroxylation is 1. The van der Waals surface area contributed by atoms with E-state index < -0.39 is 11.9 Å². The Labute approximate surface area is 100.0 Å². The third-order valence-electron chi connectivity index (χ3n) is 2.55. The molecule has 0 heterocycles. The predicted octanol–water partition coefficient (Wildman–Crippen LogP) is 3.24. The molecule has 88 valence electrons. The normalized spacial score (nSPS) is 12.2. The van der Waals surface area contributed by atoms with E-state index in [9.17, 15) is 4.79 Å². The summed E-state index contributed by atoms with van der Waals surface area (Å²) in [7, 11) is 1.54. The average molecular weight is 243 g/mol. The maximum atomic E-state index is 11.1. The number of methoxy groups -OCH3 is 1. The summed E-state index contributed by atoms with van der Waals surface area (Å²) in [6.07, 6.45) is 0.505. The molecule has 0 saturated heterocycles. The van der Waals surface area contributed by atoms with Crippen molar-refractivity contribution in [3.8, 4) is 5.75 Å². The molecule has 0 aliphatic rings. The molecule has 1 rings (SSSR count). The van der Waals surface area contributed by atoms with Gasteiger partial charge in [0.15, 0.2) is 0 Å². The lowest BCUT2D eigenvalue weighted by Gasteiger charge is -2.16. The highest BCUT2D eigenvalue weighted by Gasteiger charge is 2.23. The Morgan fingerprint density at radius 1 is 1.56 bits per heavy atom. The summed E-state index contributed by atoms with van der Waals surface area (Å²) < 4.78 is 5.24. The Morgan fingerprint density at radius 3 is 2.62 bits per heavy atom. The average Bonchev–Trinajstić information content (AvgIpc) is 2.17. The van der Waals surface area contributed by atoms with Crippen molar-refractivity contribution in [3.05, 3.63) is 28.3 Å². The molecule has 0 amide bonds. The van der Waals surface area contributed by atoms with Crippen LogP contribution in [0.3, 0.4) is 0 Å². The van der Waals surface area contributed by atoms with Crippen molar-refractivity contribution in [2.24, 2.45) is 0 Å². The van der Waals surface area contributed by atoms with Gasteiger partial charge in [0.2, 0.25) is 0 Å². The molecule has 0 aromatic heterocycles. The topological polar surface area (TPSA) is 46.5 Å². The fraction of sp³-hybridized carbons (Fsp3) is 0.417. The zero-order valence-corrected chi connectivity index (χ0v) is 10.3. The van der Waals surface area contributed by atoms with Crippen molar-refractivity contribution in [2.75, 3.05) is 7.11 Å². The zero-order chi connectivity index (χ0) is 12.3. The first kappa shape index (κ1) is 12.8. The Hall–Kier alpha value is -1.22. The molecule has 0 fully saturated rings. The van der Waals surface area contributed by atoms with Crippen molar-refractivity contribution in [1.82, 2.24) is 0 Å². The Balaban J connectivity index is 3.34. The van der Waals surface area contributed by atoms with Gasteiger partial charge in [0.25, 0.3) is 0 Å². The molecule has 0 saturated carbocycles. The first-order valence-corrected chi connectivity index (χ1v) is 5.45. The minimum Gasteiger partial charge on any atom is -0.496 e. The number of halogens is 1. The number of carboxylic acids is 1. The first-order valence-electron chi connectivity index (χ1n) is 5.08. The Morgan fingerprint density at radius 2 is 2.19 bits per heavy atom. The molecule has 3 nitrogen and oxygen atoms in total. The van der Waals surface area contributed by atoms with E-state index in [0.29, 0.717) is 22.8 Å². The highest BCUT2D eigenvalue weighted by atomic mass is 35.5. The van der Waals surface area contributed by atoms with Crippen molar-refractivity contribution in [2.45, 2.75) is 26.2 Å². The molecular weight excluding hydrogens is 228 g/mol. The lowest BCUT2D eigenvalue weighted by molar-refractivity contribution is -0.138. The van der Waals surface area contributed by atoms with E-state index in [-0.39, 0.29) is 0 Å². The third-order valence-corrected chi connectivity index (χ3v) is 2.77. The quantitative estimate of drug-likeness (QED) is 0.882. The highest BCUT2D eigenvalue weighted by Crippen LogP contribution is 2.34. The summed E-state index contributed by atoms with van der Waals surface area (Å²) in [6, 6.07) is 3.42. The molecule has 0 spiro atoms. The fourth-order valence-electron chi connectivity index (χ4n) is 1.82. The predicted molar refractivity (Wildman–Crippen MR) is 63.4 cm³/mol. The van der Waals surface area contributed by atoms with Crippen LogP contribution in [0.25, 0.3) is 0 Å². The molecule has 0 aliphatic heterocycles. The largest absolute Gasteiger partial charge is 0.496 e. The molecule has 0 radical (unpaired) electrons. The SMILES string of the molecule is CCC(C(=O)O)c1cc(Cl)cc(C)c1OC. The number of ether oxygens (including phenoxy) is 1. The second kappa shape index (κ2) is 5.21. The standard InChI is InChI=1S/C12H15ClO3/c1-4-9(12(14)15)10-6-8(13)5-7(2)11(10)16-3/h5-6,9H,4H2,1-3H3,(H,14,15). The van der Waals surface area contributed by atoms with Crippen LogP contribution < -0.4 is 4.74 Å². The van der Waals surface area contributed by atoms with Crippen LogP contribution in [-0.2, 0) is 4.79 Å². The maximum Gasteiger partial charge on any atom is 0.311 e. The van der Waals surface area contributed by atoms with Gasteiger partial charge in [-0.05, 0) is 31.0 Å². The number of rotatable bonds is 4. The third kappa shape index (κ3) is 2.47. The van der Waals surface area contributed by atoms with Crippen LogP contribution in [0, 0.1) is 6.92 Å². The van der Waals surface area contributed by atoms with Gasteiger partial charge in [-0.2, -0.15) is 0 Å². The molecule has 16 heavy (non-hydrogen) atoms. The molecule has 1 atom stereocenters. The smallest absolute Gasteiger partial charge is 0.311 e. The van der Waals surface area contributed by atoms with Crippen molar-refractivity contribution >= 4 is 17.6 Å². The van der Waals surface area contributed by atoms with Crippen LogP contribution in [0.15, 0.2) is 12.1 Å². The minimum absolute atomic E-state index is 0.505. The lowest BCUT2D eigenvalue weighted by Crippen LogP contribution is -2.12. The Kier molecular flexibility index (Phi) is 4.19. The fourth-order valence-corrected chi connectivity index (χ4v) is 2.10. The molecular formula is C12H15ClO3. The van der Waals surface area contributed by atoms with Gasteiger partial charge in [0.05, 0.1) is 13.0 Å². The number of hydrogen-bond donors (Lipinski definition) is 1. The number of aliphatic carboxylic acids is 1. The summed E-state index contributed by atoms with van der Waals surface area (Å²) in [4.78, 5) is 11.1. The molecule has 0 aliphatic carbocycles. The molecule has 1 unspecified atom stereocenters. The van der Waals surface area contributed by atoms with Gasteiger partial charge >= 0.3 is 5.97 Å². The highest BCUT2D eigenvalue weighted by molar-refractivity contribution is 6.30. The van der Waals surface area contributed by atoms with Gasteiger partial charge in [-0.15, -0.1) is 0 Å².